The molecule has 2 heteroatoms. The SMILES string of the molecule is CC(C)(C)C1CCCCC1(N)C1CCOC2(CCCC2)C1. The van der Waals surface area contributed by atoms with Gasteiger partial charge in [0.05, 0.1) is 5.60 Å². The molecule has 2 aliphatic carbocycles. The first-order valence-corrected chi connectivity index (χ1v) is 9.29. The quantitative estimate of drug-likeness (QED) is 0.763. The zero-order valence-corrected chi connectivity index (χ0v) is 14.4. The van der Waals surface area contributed by atoms with Crippen LogP contribution in [0.25, 0.3) is 0 Å². The highest BCUT2D eigenvalue weighted by Crippen LogP contribution is 2.52. The van der Waals surface area contributed by atoms with E-state index >= 15 is 0 Å². The Morgan fingerprint density at radius 2 is 1.62 bits per heavy atom. The summed E-state index contributed by atoms with van der Waals surface area (Å²) >= 11 is 0. The normalized spacial score (nSPS) is 40.6. The summed E-state index contributed by atoms with van der Waals surface area (Å²) in [7, 11) is 0. The third-order valence-corrected chi connectivity index (χ3v) is 6.81. The molecule has 1 heterocycles. The van der Waals surface area contributed by atoms with Gasteiger partial charge in [-0.3, -0.25) is 0 Å². The second-order valence-electron chi connectivity index (χ2n) is 9.21. The zero-order chi connectivity index (χ0) is 15.1. The van der Waals surface area contributed by atoms with Gasteiger partial charge in [-0.15, -0.1) is 0 Å². The Balaban J connectivity index is 1.82. The lowest BCUT2D eigenvalue weighted by molar-refractivity contribution is -0.120. The van der Waals surface area contributed by atoms with Gasteiger partial charge in [0.1, 0.15) is 0 Å². The maximum atomic E-state index is 7.16. The molecule has 3 fully saturated rings. The Morgan fingerprint density at radius 3 is 2.29 bits per heavy atom. The molecule has 3 aliphatic rings. The summed E-state index contributed by atoms with van der Waals surface area (Å²) in [5, 5.41) is 0. The molecular weight excluding hydrogens is 258 g/mol. The minimum absolute atomic E-state index is 0.0515. The van der Waals surface area contributed by atoms with Crippen LogP contribution in [0.1, 0.15) is 85.0 Å². The molecule has 2 saturated carbocycles. The van der Waals surface area contributed by atoms with Crippen molar-refractivity contribution >= 4 is 0 Å². The van der Waals surface area contributed by atoms with Crippen LogP contribution in [-0.4, -0.2) is 17.7 Å². The highest BCUT2D eigenvalue weighted by Gasteiger charge is 2.52. The highest BCUT2D eigenvalue weighted by atomic mass is 16.5. The Labute approximate surface area is 131 Å². The van der Waals surface area contributed by atoms with Crippen molar-refractivity contribution in [3.8, 4) is 0 Å². The average molecular weight is 293 g/mol. The zero-order valence-electron chi connectivity index (χ0n) is 14.4. The Kier molecular flexibility index (Phi) is 4.16. The summed E-state index contributed by atoms with van der Waals surface area (Å²) in [6, 6.07) is 0. The topological polar surface area (TPSA) is 35.2 Å². The lowest BCUT2D eigenvalue weighted by Crippen LogP contribution is -2.61. The van der Waals surface area contributed by atoms with Crippen LogP contribution in [-0.2, 0) is 4.74 Å². The van der Waals surface area contributed by atoms with Crippen molar-refractivity contribution in [2.45, 2.75) is 96.1 Å². The third-order valence-electron chi connectivity index (χ3n) is 6.81. The first kappa shape index (κ1) is 15.8. The molecule has 0 radical (unpaired) electrons. The molecule has 0 aromatic heterocycles. The molecule has 0 amide bonds. The van der Waals surface area contributed by atoms with E-state index in [1.807, 2.05) is 0 Å². The van der Waals surface area contributed by atoms with Gasteiger partial charge in [-0.25, -0.2) is 0 Å². The number of ether oxygens (including phenoxy) is 1. The van der Waals surface area contributed by atoms with Crippen LogP contribution < -0.4 is 5.73 Å². The van der Waals surface area contributed by atoms with Gasteiger partial charge in [-0.2, -0.15) is 0 Å². The molecule has 1 spiro atoms. The molecule has 122 valence electrons. The number of nitrogens with two attached hydrogens (primary N) is 1. The summed E-state index contributed by atoms with van der Waals surface area (Å²) in [6.45, 7) is 8.14. The molecular formula is C19H35NO. The second kappa shape index (κ2) is 5.53. The molecule has 1 aliphatic heterocycles. The molecule has 0 aromatic rings. The van der Waals surface area contributed by atoms with Gasteiger partial charge >= 0.3 is 0 Å². The van der Waals surface area contributed by atoms with Crippen LogP contribution in [0.3, 0.4) is 0 Å². The summed E-state index contributed by atoms with van der Waals surface area (Å²) in [6.07, 6.45) is 12.9. The van der Waals surface area contributed by atoms with Gasteiger partial charge in [-0.1, -0.05) is 46.5 Å². The van der Waals surface area contributed by atoms with Gasteiger partial charge < -0.3 is 10.5 Å². The molecule has 3 atom stereocenters. The van der Waals surface area contributed by atoms with Gasteiger partial charge in [-0.05, 0) is 55.8 Å². The lowest BCUT2D eigenvalue weighted by atomic mass is 9.56. The van der Waals surface area contributed by atoms with E-state index in [1.165, 1.54) is 64.2 Å². The largest absolute Gasteiger partial charge is 0.375 e. The van der Waals surface area contributed by atoms with Crippen LogP contribution in [0, 0.1) is 17.3 Å². The monoisotopic (exact) mass is 293 g/mol. The molecule has 2 nitrogen and oxygen atoms in total. The number of hydrogen-bond acceptors (Lipinski definition) is 2. The Bertz CT molecular complexity index is 366. The van der Waals surface area contributed by atoms with Crippen molar-refractivity contribution in [1.82, 2.24) is 0 Å². The first-order valence-electron chi connectivity index (χ1n) is 9.29. The van der Waals surface area contributed by atoms with E-state index in [2.05, 4.69) is 20.8 Å². The molecule has 2 N–H and O–H groups in total. The fourth-order valence-corrected chi connectivity index (χ4v) is 5.80. The van der Waals surface area contributed by atoms with Crippen molar-refractivity contribution in [2.75, 3.05) is 6.61 Å². The summed E-state index contributed by atoms with van der Waals surface area (Å²) in [5.74, 6) is 1.34. The van der Waals surface area contributed by atoms with E-state index in [4.69, 9.17) is 10.5 Å². The Morgan fingerprint density at radius 1 is 0.952 bits per heavy atom. The molecule has 21 heavy (non-hydrogen) atoms. The molecule has 3 rings (SSSR count). The summed E-state index contributed by atoms with van der Waals surface area (Å²) < 4.78 is 6.26. The van der Waals surface area contributed by atoms with Gasteiger partial charge in [0.2, 0.25) is 0 Å². The third kappa shape index (κ3) is 2.91. The van der Waals surface area contributed by atoms with Gasteiger partial charge in [0.25, 0.3) is 0 Å². The summed E-state index contributed by atoms with van der Waals surface area (Å²) in [4.78, 5) is 0. The highest BCUT2D eigenvalue weighted by molar-refractivity contribution is 5.06. The van der Waals surface area contributed by atoms with Gasteiger partial charge in [0, 0.05) is 12.1 Å². The van der Waals surface area contributed by atoms with Gasteiger partial charge in [0.15, 0.2) is 0 Å². The van der Waals surface area contributed by atoms with Crippen LogP contribution in [0.4, 0.5) is 0 Å². The van der Waals surface area contributed by atoms with E-state index < -0.39 is 0 Å². The van der Waals surface area contributed by atoms with E-state index in [-0.39, 0.29) is 11.1 Å². The van der Waals surface area contributed by atoms with Crippen molar-refractivity contribution in [3.63, 3.8) is 0 Å². The first-order chi connectivity index (χ1) is 9.86. The van der Waals surface area contributed by atoms with E-state index in [9.17, 15) is 0 Å². The van der Waals surface area contributed by atoms with Crippen LogP contribution in [0.15, 0.2) is 0 Å². The van der Waals surface area contributed by atoms with E-state index in [1.54, 1.807) is 0 Å². The van der Waals surface area contributed by atoms with Crippen LogP contribution in [0.2, 0.25) is 0 Å². The lowest BCUT2D eigenvalue weighted by Gasteiger charge is -2.55. The van der Waals surface area contributed by atoms with Crippen molar-refractivity contribution < 1.29 is 4.74 Å². The maximum absolute atomic E-state index is 7.16. The predicted octanol–water partition coefficient (Wildman–Crippen LogP) is 4.66. The van der Waals surface area contributed by atoms with E-state index in [0.717, 1.165) is 6.61 Å². The minimum Gasteiger partial charge on any atom is -0.375 e. The van der Waals surface area contributed by atoms with Crippen molar-refractivity contribution in [2.24, 2.45) is 23.0 Å². The molecule has 0 bridgehead atoms. The second-order valence-corrected chi connectivity index (χ2v) is 9.21. The fourth-order valence-electron chi connectivity index (χ4n) is 5.80. The number of hydrogen-bond donors (Lipinski definition) is 1. The average Bonchev–Trinajstić information content (AvgIpc) is 2.86. The Hall–Kier alpha value is -0.0800. The molecule has 3 unspecified atom stereocenters. The van der Waals surface area contributed by atoms with Crippen LogP contribution >= 0.6 is 0 Å². The minimum atomic E-state index is 0.0515. The van der Waals surface area contributed by atoms with Crippen LogP contribution in [0.5, 0.6) is 0 Å². The smallest absolute Gasteiger partial charge is 0.0685 e. The van der Waals surface area contributed by atoms with E-state index in [0.29, 0.717) is 17.3 Å². The summed E-state index contributed by atoms with van der Waals surface area (Å²) in [5.41, 5.74) is 7.74. The predicted molar refractivity (Wildman–Crippen MR) is 88.2 cm³/mol. The maximum Gasteiger partial charge on any atom is 0.0685 e. The molecule has 0 aromatic carbocycles. The number of rotatable bonds is 1. The van der Waals surface area contributed by atoms with Crippen molar-refractivity contribution in [3.05, 3.63) is 0 Å². The standard InChI is InChI=1S/C19H35NO/c1-17(2,3)16-8-4-5-12-19(16,20)15-9-13-21-18(14-15)10-6-7-11-18/h15-16H,4-14,20H2,1-3H3. The fraction of sp³-hybridized carbons (Fsp3) is 1.00. The van der Waals surface area contributed by atoms with Crippen molar-refractivity contribution in [1.29, 1.82) is 0 Å². The molecule has 1 saturated heterocycles.